The van der Waals surface area contributed by atoms with Crippen LogP contribution in [0.2, 0.25) is 0 Å². The maximum Gasteiger partial charge on any atom is 0.150 e. The van der Waals surface area contributed by atoms with Crippen molar-refractivity contribution in [3.8, 4) is 0 Å². The number of nitrogens with one attached hydrogen (secondary N) is 1. The lowest BCUT2D eigenvalue weighted by Gasteiger charge is -2.36. The lowest BCUT2D eigenvalue weighted by atomic mass is 9.72. The van der Waals surface area contributed by atoms with Crippen LogP contribution in [0.5, 0.6) is 0 Å². The molecule has 0 radical (unpaired) electrons. The Hall–Kier alpha value is -0.0900. The molecule has 0 heterocycles. The first kappa shape index (κ1) is 13.0. The van der Waals surface area contributed by atoms with Crippen LogP contribution in [0.4, 0.5) is 0 Å². The summed E-state index contributed by atoms with van der Waals surface area (Å²) in [6.07, 6.45) is 4.09. The van der Waals surface area contributed by atoms with Gasteiger partial charge in [-0.1, -0.05) is 6.92 Å². The van der Waals surface area contributed by atoms with E-state index >= 15 is 0 Å². The van der Waals surface area contributed by atoms with Gasteiger partial charge in [0.05, 0.1) is 5.75 Å². The van der Waals surface area contributed by atoms with Crippen molar-refractivity contribution < 1.29 is 8.42 Å². The van der Waals surface area contributed by atoms with Crippen LogP contribution in [-0.2, 0) is 9.84 Å². The molecule has 15 heavy (non-hydrogen) atoms. The Kier molecular flexibility index (Phi) is 5.06. The average molecular weight is 233 g/mol. The summed E-state index contributed by atoms with van der Waals surface area (Å²) in [5.41, 5.74) is 0. The predicted molar refractivity (Wildman–Crippen MR) is 63.7 cm³/mol. The van der Waals surface area contributed by atoms with Crippen LogP contribution in [0, 0.1) is 11.8 Å². The molecule has 1 aliphatic rings. The van der Waals surface area contributed by atoms with E-state index in [-0.39, 0.29) is 0 Å². The minimum atomic E-state index is -2.76. The molecular weight excluding hydrogens is 210 g/mol. The van der Waals surface area contributed by atoms with Gasteiger partial charge >= 0.3 is 0 Å². The average Bonchev–Trinajstić information content (AvgIpc) is 2.12. The minimum Gasteiger partial charge on any atom is -0.319 e. The zero-order chi connectivity index (χ0) is 11.3. The summed E-state index contributed by atoms with van der Waals surface area (Å²) in [5.74, 6) is 2.11. The van der Waals surface area contributed by atoms with Gasteiger partial charge in [0.15, 0.2) is 0 Å². The first-order valence-corrected chi connectivity index (χ1v) is 7.76. The van der Waals surface area contributed by atoms with Gasteiger partial charge in [-0.15, -0.1) is 0 Å². The molecule has 0 spiro atoms. The van der Waals surface area contributed by atoms with Crippen molar-refractivity contribution in [1.82, 2.24) is 5.32 Å². The highest BCUT2D eigenvalue weighted by Gasteiger charge is 2.30. The van der Waals surface area contributed by atoms with Crippen LogP contribution in [0.15, 0.2) is 0 Å². The smallest absolute Gasteiger partial charge is 0.150 e. The first-order valence-electron chi connectivity index (χ1n) is 5.94. The molecule has 0 bridgehead atoms. The van der Waals surface area contributed by atoms with Crippen molar-refractivity contribution in [2.45, 2.75) is 32.6 Å². The van der Waals surface area contributed by atoms with Crippen LogP contribution < -0.4 is 5.32 Å². The Labute approximate surface area is 93.6 Å². The van der Waals surface area contributed by atoms with Crippen LogP contribution >= 0.6 is 0 Å². The van der Waals surface area contributed by atoms with Crippen molar-refractivity contribution in [1.29, 1.82) is 0 Å². The van der Waals surface area contributed by atoms with Gasteiger partial charge in [-0.05, 0) is 51.1 Å². The molecule has 2 atom stereocenters. The molecule has 90 valence electrons. The third kappa shape index (κ3) is 4.11. The lowest BCUT2D eigenvalue weighted by molar-refractivity contribution is 0.170. The maximum absolute atomic E-state index is 11.5. The van der Waals surface area contributed by atoms with Crippen molar-refractivity contribution in [3.63, 3.8) is 0 Å². The Morgan fingerprint density at radius 2 is 1.87 bits per heavy atom. The van der Waals surface area contributed by atoms with Crippen LogP contribution in [0.3, 0.4) is 0 Å². The molecule has 0 amide bonds. The molecule has 4 heteroatoms. The van der Waals surface area contributed by atoms with E-state index in [1.165, 1.54) is 12.8 Å². The molecule has 1 rings (SSSR count). The quantitative estimate of drug-likeness (QED) is 0.724. The fraction of sp³-hybridized carbons (Fsp3) is 1.00. The summed E-state index contributed by atoms with van der Waals surface area (Å²) >= 11 is 0. The van der Waals surface area contributed by atoms with E-state index in [2.05, 4.69) is 5.32 Å². The summed E-state index contributed by atoms with van der Waals surface area (Å²) in [7, 11) is -0.800. The number of rotatable bonds is 7. The molecule has 1 saturated carbocycles. The predicted octanol–water partition coefficient (Wildman–Crippen LogP) is 1.45. The highest BCUT2D eigenvalue weighted by atomic mass is 32.2. The van der Waals surface area contributed by atoms with E-state index in [1.807, 2.05) is 14.0 Å². The van der Waals surface area contributed by atoms with Gasteiger partial charge in [0.25, 0.3) is 0 Å². The fourth-order valence-electron chi connectivity index (χ4n) is 2.29. The largest absolute Gasteiger partial charge is 0.319 e. The molecule has 1 N–H and O–H groups in total. The summed E-state index contributed by atoms with van der Waals surface area (Å²) in [6, 6.07) is 0. The summed E-state index contributed by atoms with van der Waals surface area (Å²) in [4.78, 5) is 0. The first-order chi connectivity index (χ1) is 7.09. The van der Waals surface area contributed by atoms with Gasteiger partial charge < -0.3 is 5.32 Å². The molecule has 0 aromatic carbocycles. The van der Waals surface area contributed by atoms with Crippen LogP contribution in [0.25, 0.3) is 0 Å². The summed E-state index contributed by atoms with van der Waals surface area (Å²) < 4.78 is 23.0. The Bertz CT molecular complexity index is 274. The van der Waals surface area contributed by atoms with Crippen molar-refractivity contribution >= 4 is 9.84 Å². The topological polar surface area (TPSA) is 46.2 Å². The summed E-state index contributed by atoms with van der Waals surface area (Å²) in [6.45, 7) is 2.96. The number of sulfone groups is 1. The van der Waals surface area contributed by atoms with Gasteiger partial charge in [0, 0.05) is 5.75 Å². The second-order valence-electron chi connectivity index (χ2n) is 4.60. The molecule has 0 aromatic heterocycles. The zero-order valence-electron chi connectivity index (χ0n) is 9.83. The van der Waals surface area contributed by atoms with E-state index in [0.717, 1.165) is 19.4 Å². The van der Waals surface area contributed by atoms with Crippen LogP contribution in [-0.4, -0.2) is 33.5 Å². The third-order valence-corrected chi connectivity index (χ3v) is 5.24. The number of hydrogen-bond acceptors (Lipinski definition) is 3. The molecule has 1 fully saturated rings. The molecule has 0 aromatic rings. The Morgan fingerprint density at radius 3 is 2.33 bits per heavy atom. The Balaban J connectivity index is 2.25. The molecule has 2 unspecified atom stereocenters. The molecular formula is C11H23NO2S. The molecule has 0 saturated heterocycles. The monoisotopic (exact) mass is 233 g/mol. The summed E-state index contributed by atoms with van der Waals surface area (Å²) in [5, 5.41) is 3.17. The highest BCUT2D eigenvalue weighted by Crippen LogP contribution is 2.36. The Morgan fingerprint density at radius 1 is 1.20 bits per heavy atom. The molecule has 0 aliphatic heterocycles. The fourth-order valence-corrected chi connectivity index (χ4v) is 3.78. The van der Waals surface area contributed by atoms with Gasteiger partial charge in [0.1, 0.15) is 9.84 Å². The normalized spacial score (nSPS) is 26.3. The van der Waals surface area contributed by atoms with Gasteiger partial charge in [0.2, 0.25) is 0 Å². The van der Waals surface area contributed by atoms with E-state index in [1.54, 1.807) is 0 Å². The van der Waals surface area contributed by atoms with Gasteiger partial charge in [-0.2, -0.15) is 0 Å². The highest BCUT2D eigenvalue weighted by molar-refractivity contribution is 7.91. The van der Waals surface area contributed by atoms with Gasteiger partial charge in [-0.25, -0.2) is 8.42 Å². The molecule has 3 nitrogen and oxygen atoms in total. The van der Waals surface area contributed by atoms with E-state index in [0.29, 0.717) is 23.3 Å². The second kappa shape index (κ2) is 5.85. The number of hydrogen-bond donors (Lipinski definition) is 1. The lowest BCUT2D eigenvalue weighted by Crippen LogP contribution is -2.35. The molecule has 1 aliphatic carbocycles. The van der Waals surface area contributed by atoms with Crippen LogP contribution in [0.1, 0.15) is 32.6 Å². The van der Waals surface area contributed by atoms with Crippen molar-refractivity contribution in [2.75, 3.05) is 25.1 Å². The van der Waals surface area contributed by atoms with E-state index < -0.39 is 9.84 Å². The van der Waals surface area contributed by atoms with E-state index in [4.69, 9.17) is 0 Å². The van der Waals surface area contributed by atoms with Crippen molar-refractivity contribution in [3.05, 3.63) is 0 Å². The second-order valence-corrected chi connectivity index (χ2v) is 6.90. The van der Waals surface area contributed by atoms with Crippen molar-refractivity contribution in [2.24, 2.45) is 11.8 Å². The maximum atomic E-state index is 11.5. The third-order valence-electron chi connectivity index (χ3n) is 3.36. The SMILES string of the molecule is CCCS(=O)(=O)CCC1CCC1CNC. The zero-order valence-corrected chi connectivity index (χ0v) is 10.6. The van der Waals surface area contributed by atoms with Gasteiger partial charge in [-0.3, -0.25) is 0 Å². The van der Waals surface area contributed by atoms with E-state index in [9.17, 15) is 8.42 Å². The minimum absolute atomic E-state index is 0.358. The standard InChI is InChI=1S/C11H23NO2S/c1-3-7-15(13,14)8-6-10-4-5-11(10)9-12-2/h10-12H,3-9H2,1-2H3.